The van der Waals surface area contributed by atoms with Gasteiger partial charge in [-0.05, 0) is 44.2 Å². The lowest BCUT2D eigenvalue weighted by Crippen LogP contribution is -2.27. The van der Waals surface area contributed by atoms with Crippen LogP contribution in [0.2, 0.25) is 0 Å². The number of nitrogens with zero attached hydrogens (tertiary/aromatic N) is 1. The molecule has 4 aromatic rings. The lowest BCUT2D eigenvalue weighted by Gasteiger charge is -2.18. The summed E-state index contributed by atoms with van der Waals surface area (Å²) >= 11 is 0. The topological polar surface area (TPSA) is 94.7 Å². The molecular formula is C26H28FN3O5. The number of nitrogens with one attached hydrogen (secondary N) is 2. The molecule has 8 nitrogen and oxygen atoms in total. The second kappa shape index (κ2) is 10.6. The van der Waals surface area contributed by atoms with Crippen molar-refractivity contribution in [1.29, 1.82) is 0 Å². The first-order valence-corrected chi connectivity index (χ1v) is 11.3. The van der Waals surface area contributed by atoms with Gasteiger partial charge in [-0.15, -0.1) is 0 Å². The molecule has 0 aliphatic carbocycles. The van der Waals surface area contributed by atoms with Crippen molar-refractivity contribution in [3.8, 4) is 23.0 Å². The Morgan fingerprint density at radius 3 is 2.71 bits per heavy atom. The summed E-state index contributed by atoms with van der Waals surface area (Å²) in [5.41, 5.74) is 2.19. The van der Waals surface area contributed by atoms with Gasteiger partial charge in [0.05, 0.1) is 25.8 Å². The second-order valence-electron chi connectivity index (χ2n) is 8.21. The highest BCUT2D eigenvalue weighted by molar-refractivity contribution is 5.89. The monoisotopic (exact) mass is 481 g/mol. The van der Waals surface area contributed by atoms with Crippen LogP contribution < -0.4 is 19.5 Å². The summed E-state index contributed by atoms with van der Waals surface area (Å²) in [5.74, 6) is 0.992. The number of halogens is 1. The molecular weight excluding hydrogens is 453 g/mol. The molecule has 2 aromatic carbocycles. The van der Waals surface area contributed by atoms with Gasteiger partial charge in [0.25, 0.3) is 0 Å². The summed E-state index contributed by atoms with van der Waals surface area (Å²) in [4.78, 5) is 18.5. The van der Waals surface area contributed by atoms with Gasteiger partial charge < -0.3 is 29.2 Å². The fourth-order valence-electron chi connectivity index (χ4n) is 3.75. The standard InChI is InChI=1S/C26H28FN3O5/c1-15-11-19-20(30-15)5-6-23(26(19)27)35-22-7-8-29-21-13-24(32-4)25(12-18(21)22)34-16(2)14-33-10-9-28-17(3)31/h5-8,11-13,16,30H,9-10,14H2,1-4H3,(H,28,31). The number of aromatic nitrogens is 2. The molecule has 1 atom stereocenters. The lowest BCUT2D eigenvalue weighted by molar-refractivity contribution is -0.119. The third-order valence-corrected chi connectivity index (χ3v) is 5.34. The van der Waals surface area contributed by atoms with Crippen LogP contribution in [-0.4, -0.2) is 48.8 Å². The van der Waals surface area contributed by atoms with E-state index < -0.39 is 5.82 Å². The van der Waals surface area contributed by atoms with E-state index in [4.69, 9.17) is 18.9 Å². The van der Waals surface area contributed by atoms with Gasteiger partial charge in [-0.2, -0.15) is 0 Å². The third-order valence-electron chi connectivity index (χ3n) is 5.34. The average molecular weight is 482 g/mol. The highest BCUT2D eigenvalue weighted by Gasteiger charge is 2.17. The lowest BCUT2D eigenvalue weighted by atomic mass is 10.1. The van der Waals surface area contributed by atoms with E-state index in [0.717, 1.165) is 5.69 Å². The van der Waals surface area contributed by atoms with Gasteiger partial charge in [0.15, 0.2) is 23.1 Å². The van der Waals surface area contributed by atoms with Gasteiger partial charge >= 0.3 is 0 Å². The third kappa shape index (κ3) is 5.63. The Bertz CT molecular complexity index is 1350. The first kappa shape index (κ1) is 24.3. The van der Waals surface area contributed by atoms with Crippen LogP contribution in [0, 0.1) is 12.7 Å². The van der Waals surface area contributed by atoms with E-state index in [1.54, 1.807) is 49.7 Å². The fraction of sp³-hybridized carbons (Fsp3) is 0.308. The Hall–Kier alpha value is -3.85. The van der Waals surface area contributed by atoms with Gasteiger partial charge in [0.2, 0.25) is 5.91 Å². The average Bonchev–Trinajstić information content (AvgIpc) is 3.21. The van der Waals surface area contributed by atoms with Crippen molar-refractivity contribution in [2.24, 2.45) is 0 Å². The summed E-state index contributed by atoms with van der Waals surface area (Å²) in [6, 6.07) is 10.3. The zero-order chi connectivity index (χ0) is 24.9. The van der Waals surface area contributed by atoms with E-state index in [-0.39, 0.29) is 17.8 Å². The first-order valence-electron chi connectivity index (χ1n) is 11.3. The van der Waals surface area contributed by atoms with E-state index in [1.807, 2.05) is 13.8 Å². The van der Waals surface area contributed by atoms with Crippen LogP contribution in [-0.2, 0) is 9.53 Å². The van der Waals surface area contributed by atoms with Crippen molar-refractivity contribution in [2.45, 2.75) is 26.9 Å². The van der Waals surface area contributed by atoms with Crippen LogP contribution in [0.25, 0.3) is 21.8 Å². The summed E-state index contributed by atoms with van der Waals surface area (Å²) in [5, 5.41) is 3.79. The number of aryl methyl sites for hydroxylation is 1. The number of ether oxygens (including phenoxy) is 4. The molecule has 0 spiro atoms. The Morgan fingerprint density at radius 2 is 1.94 bits per heavy atom. The van der Waals surface area contributed by atoms with E-state index in [0.29, 0.717) is 58.8 Å². The van der Waals surface area contributed by atoms with E-state index in [2.05, 4.69) is 15.3 Å². The number of H-pyrrole nitrogens is 1. The van der Waals surface area contributed by atoms with Crippen molar-refractivity contribution < 1.29 is 28.1 Å². The zero-order valence-electron chi connectivity index (χ0n) is 20.1. The normalized spacial score (nSPS) is 12.0. The maximum absolute atomic E-state index is 15.1. The summed E-state index contributed by atoms with van der Waals surface area (Å²) < 4.78 is 38.2. The molecule has 2 heterocycles. The summed E-state index contributed by atoms with van der Waals surface area (Å²) in [6.07, 6.45) is 1.30. The van der Waals surface area contributed by atoms with Crippen molar-refractivity contribution in [3.05, 3.63) is 54.1 Å². The smallest absolute Gasteiger partial charge is 0.216 e. The Kier molecular flexibility index (Phi) is 7.36. The number of rotatable bonds is 10. The predicted molar refractivity (Wildman–Crippen MR) is 131 cm³/mol. The molecule has 0 radical (unpaired) electrons. The highest BCUT2D eigenvalue weighted by Crippen LogP contribution is 2.38. The number of carbonyl (C=O) groups excluding carboxylic acids is 1. The van der Waals surface area contributed by atoms with Crippen LogP contribution >= 0.6 is 0 Å². The number of carbonyl (C=O) groups is 1. The summed E-state index contributed by atoms with van der Waals surface area (Å²) in [7, 11) is 1.55. The number of amides is 1. The predicted octanol–water partition coefficient (Wildman–Crippen LogP) is 4.88. The van der Waals surface area contributed by atoms with Crippen molar-refractivity contribution in [2.75, 3.05) is 26.9 Å². The van der Waals surface area contributed by atoms with Crippen molar-refractivity contribution in [3.63, 3.8) is 0 Å². The molecule has 1 unspecified atom stereocenters. The van der Waals surface area contributed by atoms with Gasteiger partial charge in [-0.25, -0.2) is 4.39 Å². The largest absolute Gasteiger partial charge is 0.493 e. The van der Waals surface area contributed by atoms with E-state index in [9.17, 15) is 4.79 Å². The molecule has 0 fully saturated rings. The molecule has 35 heavy (non-hydrogen) atoms. The molecule has 0 aliphatic heterocycles. The van der Waals surface area contributed by atoms with Crippen LogP contribution in [0.15, 0.2) is 42.6 Å². The van der Waals surface area contributed by atoms with Gasteiger partial charge in [-0.1, -0.05) is 0 Å². The van der Waals surface area contributed by atoms with E-state index >= 15 is 4.39 Å². The number of aromatic amines is 1. The maximum Gasteiger partial charge on any atom is 0.216 e. The Balaban J connectivity index is 1.56. The number of pyridine rings is 1. The van der Waals surface area contributed by atoms with Crippen molar-refractivity contribution >= 4 is 27.7 Å². The van der Waals surface area contributed by atoms with Crippen LogP contribution in [0.5, 0.6) is 23.0 Å². The molecule has 0 saturated heterocycles. The van der Waals surface area contributed by atoms with Gasteiger partial charge in [0.1, 0.15) is 11.9 Å². The quantitative estimate of drug-likeness (QED) is 0.314. The molecule has 2 N–H and O–H groups in total. The number of benzene rings is 2. The van der Waals surface area contributed by atoms with Gasteiger partial charge in [-0.3, -0.25) is 9.78 Å². The minimum atomic E-state index is -0.438. The van der Waals surface area contributed by atoms with Crippen molar-refractivity contribution in [1.82, 2.24) is 15.3 Å². The van der Waals surface area contributed by atoms with Crippen LogP contribution in [0.1, 0.15) is 19.5 Å². The second-order valence-corrected chi connectivity index (χ2v) is 8.21. The molecule has 0 saturated carbocycles. The maximum atomic E-state index is 15.1. The Labute approximate surface area is 202 Å². The molecule has 184 valence electrons. The summed E-state index contributed by atoms with van der Waals surface area (Å²) in [6.45, 7) is 6.32. The molecule has 1 amide bonds. The highest BCUT2D eigenvalue weighted by atomic mass is 19.1. The van der Waals surface area contributed by atoms with E-state index in [1.165, 1.54) is 6.92 Å². The number of hydrogen-bond acceptors (Lipinski definition) is 6. The van der Waals surface area contributed by atoms with Crippen LogP contribution in [0.3, 0.4) is 0 Å². The number of fused-ring (bicyclic) bond motifs is 2. The molecule has 9 heteroatoms. The zero-order valence-corrected chi connectivity index (χ0v) is 20.1. The molecule has 2 aromatic heterocycles. The number of methoxy groups -OCH3 is 1. The number of hydrogen-bond donors (Lipinski definition) is 2. The fourth-order valence-corrected chi connectivity index (χ4v) is 3.75. The minimum absolute atomic E-state index is 0.103. The molecule has 0 aliphatic rings. The molecule has 4 rings (SSSR count). The molecule has 0 bridgehead atoms. The SMILES string of the molecule is COc1cc2nccc(Oc3ccc4[nH]c(C)cc4c3F)c2cc1OC(C)COCCNC(C)=O. The van der Waals surface area contributed by atoms with Gasteiger partial charge in [0, 0.05) is 47.7 Å². The minimum Gasteiger partial charge on any atom is -0.493 e. The van der Waals surface area contributed by atoms with Crippen LogP contribution in [0.4, 0.5) is 4.39 Å². The Morgan fingerprint density at radius 1 is 1.11 bits per heavy atom. The first-order chi connectivity index (χ1) is 16.9.